The minimum atomic E-state index is -1.04. The smallest absolute Gasteiger partial charge is 0.240 e. The Morgan fingerprint density at radius 2 is 1.88 bits per heavy atom. The van der Waals surface area contributed by atoms with Crippen LogP contribution in [0, 0.1) is 11.2 Å². The Balaban J connectivity index is 1.72. The Kier molecular flexibility index (Phi) is 5.28. The van der Waals surface area contributed by atoms with Crippen LogP contribution in [0.5, 0.6) is 0 Å². The van der Waals surface area contributed by atoms with E-state index in [0.29, 0.717) is 31.6 Å². The van der Waals surface area contributed by atoms with Crippen LogP contribution in [0.4, 0.5) is 10.1 Å². The molecule has 1 saturated carbocycles. The van der Waals surface area contributed by atoms with Gasteiger partial charge in [0.15, 0.2) is 0 Å². The van der Waals surface area contributed by atoms with Crippen LogP contribution in [0.15, 0.2) is 48.5 Å². The zero-order chi connectivity index (χ0) is 18.7. The summed E-state index contributed by atoms with van der Waals surface area (Å²) >= 11 is 5.75. The molecule has 136 valence electrons. The van der Waals surface area contributed by atoms with Crippen molar-refractivity contribution in [3.05, 3.63) is 64.9 Å². The molecule has 0 heterocycles. The highest BCUT2D eigenvalue weighted by atomic mass is 35.5. The van der Waals surface area contributed by atoms with Crippen molar-refractivity contribution >= 4 is 29.1 Å². The summed E-state index contributed by atoms with van der Waals surface area (Å²) in [4.78, 5) is 27.4. The zero-order valence-corrected chi connectivity index (χ0v) is 15.2. The van der Waals surface area contributed by atoms with Gasteiger partial charge in [-0.15, -0.1) is 0 Å². The molecule has 2 aromatic carbocycles. The average molecular weight is 375 g/mol. The van der Waals surface area contributed by atoms with Gasteiger partial charge in [0.25, 0.3) is 0 Å². The van der Waals surface area contributed by atoms with Crippen LogP contribution in [0.3, 0.4) is 0 Å². The Morgan fingerprint density at radius 3 is 2.46 bits per heavy atom. The van der Waals surface area contributed by atoms with E-state index in [4.69, 9.17) is 11.6 Å². The third kappa shape index (κ3) is 3.73. The van der Waals surface area contributed by atoms with Crippen LogP contribution in [0.1, 0.15) is 25.3 Å². The molecule has 6 heteroatoms. The molecule has 0 aliphatic heterocycles. The van der Waals surface area contributed by atoms with Gasteiger partial charge in [0.05, 0.1) is 5.02 Å². The van der Waals surface area contributed by atoms with E-state index >= 15 is 0 Å². The molecule has 1 aliphatic rings. The number of anilines is 1. The summed E-state index contributed by atoms with van der Waals surface area (Å²) in [6.07, 6.45) is 1.02. The van der Waals surface area contributed by atoms with Crippen LogP contribution >= 0.6 is 11.6 Å². The summed E-state index contributed by atoms with van der Waals surface area (Å²) in [6, 6.07) is 13.6. The fourth-order valence-corrected chi connectivity index (χ4v) is 3.10. The van der Waals surface area contributed by atoms with E-state index in [2.05, 4.69) is 5.32 Å². The molecule has 0 spiro atoms. The highest BCUT2D eigenvalue weighted by molar-refractivity contribution is 6.31. The first-order valence-corrected chi connectivity index (χ1v) is 8.94. The van der Waals surface area contributed by atoms with Crippen molar-refractivity contribution in [3.63, 3.8) is 0 Å². The first-order chi connectivity index (χ1) is 12.5. The lowest BCUT2D eigenvalue weighted by Crippen LogP contribution is -2.42. The van der Waals surface area contributed by atoms with E-state index in [1.165, 1.54) is 18.2 Å². The second kappa shape index (κ2) is 7.46. The number of carbonyl (C=O) groups excluding carboxylic acids is 2. The van der Waals surface area contributed by atoms with Crippen molar-refractivity contribution in [2.45, 2.75) is 26.3 Å². The summed E-state index contributed by atoms with van der Waals surface area (Å²) in [5.41, 5.74) is 0.363. The second-order valence-electron chi connectivity index (χ2n) is 6.47. The average Bonchev–Trinajstić information content (AvgIpc) is 3.45. The summed E-state index contributed by atoms with van der Waals surface area (Å²) in [5.74, 6) is -1.09. The minimum Gasteiger partial charge on any atom is -0.338 e. The Bertz CT molecular complexity index is 822. The van der Waals surface area contributed by atoms with Crippen molar-refractivity contribution in [2.24, 2.45) is 5.41 Å². The predicted molar refractivity (Wildman–Crippen MR) is 99.2 cm³/mol. The molecule has 0 bridgehead atoms. The van der Waals surface area contributed by atoms with Gasteiger partial charge in [0, 0.05) is 18.8 Å². The van der Waals surface area contributed by atoms with Gasteiger partial charge in [-0.2, -0.15) is 0 Å². The Labute approximate surface area is 157 Å². The number of rotatable bonds is 6. The van der Waals surface area contributed by atoms with Gasteiger partial charge in [-0.05, 0) is 43.5 Å². The molecule has 1 N–H and O–H groups in total. The molecule has 0 aromatic heterocycles. The van der Waals surface area contributed by atoms with Crippen molar-refractivity contribution in [3.8, 4) is 0 Å². The van der Waals surface area contributed by atoms with Crippen molar-refractivity contribution in [1.82, 2.24) is 4.90 Å². The maximum absolute atomic E-state index is 13.3. The van der Waals surface area contributed by atoms with E-state index in [9.17, 15) is 14.0 Å². The lowest BCUT2D eigenvalue weighted by Gasteiger charge is -2.26. The van der Waals surface area contributed by atoms with E-state index in [0.717, 1.165) is 5.56 Å². The van der Waals surface area contributed by atoms with Gasteiger partial charge in [-0.25, -0.2) is 4.39 Å². The number of amides is 2. The molecule has 2 amide bonds. The normalized spacial score (nSPS) is 14.6. The number of hydrogen-bond donors (Lipinski definition) is 1. The molecular formula is C20H20ClFN2O2. The van der Waals surface area contributed by atoms with Gasteiger partial charge in [-0.1, -0.05) is 41.9 Å². The van der Waals surface area contributed by atoms with Gasteiger partial charge in [-0.3, -0.25) is 9.59 Å². The standard InChI is InChI=1S/C20H20ClFN2O2/c1-2-24(13-14-6-4-3-5-7-14)19(26)20(10-11-20)18(25)23-15-8-9-17(22)16(21)12-15/h3-9,12H,2,10-11,13H2,1H3,(H,23,25). The van der Waals surface area contributed by atoms with Gasteiger partial charge >= 0.3 is 0 Å². The maximum atomic E-state index is 13.3. The topological polar surface area (TPSA) is 49.4 Å². The minimum absolute atomic E-state index is 0.0711. The predicted octanol–water partition coefficient (Wildman–Crippen LogP) is 4.25. The quantitative estimate of drug-likeness (QED) is 0.768. The molecule has 26 heavy (non-hydrogen) atoms. The summed E-state index contributed by atoms with van der Waals surface area (Å²) in [6.45, 7) is 2.88. The third-order valence-corrected chi connectivity index (χ3v) is 4.95. The molecule has 3 rings (SSSR count). The molecule has 0 unspecified atom stereocenters. The molecule has 4 nitrogen and oxygen atoms in total. The highest BCUT2D eigenvalue weighted by Crippen LogP contribution is 2.48. The number of carbonyl (C=O) groups is 2. The van der Waals surface area contributed by atoms with Crippen LogP contribution in [0.2, 0.25) is 5.02 Å². The first kappa shape index (κ1) is 18.4. The molecule has 2 aromatic rings. The summed E-state index contributed by atoms with van der Waals surface area (Å²) in [5, 5.41) is 2.63. The van der Waals surface area contributed by atoms with Crippen LogP contribution in [0.25, 0.3) is 0 Å². The van der Waals surface area contributed by atoms with E-state index < -0.39 is 11.2 Å². The van der Waals surface area contributed by atoms with Gasteiger partial charge in [0.1, 0.15) is 11.2 Å². The molecule has 0 atom stereocenters. The molecule has 1 fully saturated rings. The fraction of sp³-hybridized carbons (Fsp3) is 0.300. The fourth-order valence-electron chi connectivity index (χ4n) is 2.92. The highest BCUT2D eigenvalue weighted by Gasteiger charge is 2.57. The van der Waals surface area contributed by atoms with Gasteiger partial charge in [0.2, 0.25) is 11.8 Å². The van der Waals surface area contributed by atoms with Crippen molar-refractivity contribution in [2.75, 3.05) is 11.9 Å². The maximum Gasteiger partial charge on any atom is 0.240 e. The Hall–Kier alpha value is -2.40. The van der Waals surface area contributed by atoms with E-state index in [1.54, 1.807) is 4.90 Å². The molecule has 0 saturated heterocycles. The monoisotopic (exact) mass is 374 g/mol. The largest absolute Gasteiger partial charge is 0.338 e. The number of benzene rings is 2. The second-order valence-corrected chi connectivity index (χ2v) is 6.88. The van der Waals surface area contributed by atoms with Crippen LogP contribution < -0.4 is 5.32 Å². The zero-order valence-electron chi connectivity index (χ0n) is 14.5. The molecule has 0 radical (unpaired) electrons. The lowest BCUT2D eigenvalue weighted by atomic mass is 10.0. The first-order valence-electron chi connectivity index (χ1n) is 8.56. The van der Waals surface area contributed by atoms with Gasteiger partial charge < -0.3 is 10.2 Å². The third-order valence-electron chi connectivity index (χ3n) is 4.66. The number of halogens is 2. The van der Waals surface area contributed by atoms with Crippen molar-refractivity contribution in [1.29, 1.82) is 0 Å². The lowest BCUT2D eigenvalue weighted by molar-refractivity contribution is -0.142. The van der Waals surface area contributed by atoms with Crippen LogP contribution in [-0.2, 0) is 16.1 Å². The summed E-state index contributed by atoms with van der Waals surface area (Å²) < 4.78 is 13.3. The van der Waals surface area contributed by atoms with Crippen LogP contribution in [-0.4, -0.2) is 23.3 Å². The number of hydrogen-bond acceptors (Lipinski definition) is 2. The number of nitrogens with zero attached hydrogens (tertiary/aromatic N) is 1. The Morgan fingerprint density at radius 1 is 1.19 bits per heavy atom. The SMILES string of the molecule is CCN(Cc1ccccc1)C(=O)C1(C(=O)Nc2ccc(F)c(Cl)c2)CC1. The molecule has 1 aliphatic carbocycles. The van der Waals surface area contributed by atoms with E-state index in [1.807, 2.05) is 37.3 Å². The van der Waals surface area contributed by atoms with Crippen molar-refractivity contribution < 1.29 is 14.0 Å². The summed E-state index contributed by atoms with van der Waals surface area (Å²) in [7, 11) is 0. The molecular weight excluding hydrogens is 355 g/mol. The van der Waals surface area contributed by atoms with E-state index in [-0.39, 0.29) is 16.8 Å². The number of nitrogens with one attached hydrogen (secondary N) is 1.